The van der Waals surface area contributed by atoms with Crippen molar-refractivity contribution in [2.24, 2.45) is 11.3 Å². The van der Waals surface area contributed by atoms with Gasteiger partial charge in [0.05, 0.1) is 6.07 Å². The maximum Gasteiger partial charge on any atom is 0.243 e. The molecule has 6 heteroatoms. The molecule has 6 nitrogen and oxygen atoms in total. The molecule has 27 heavy (non-hydrogen) atoms. The van der Waals surface area contributed by atoms with E-state index in [4.69, 9.17) is 9.47 Å². The van der Waals surface area contributed by atoms with Gasteiger partial charge >= 0.3 is 0 Å². The molecule has 0 unspecified atom stereocenters. The average Bonchev–Trinajstić information content (AvgIpc) is 3.23. The van der Waals surface area contributed by atoms with Crippen LogP contribution in [0.1, 0.15) is 48.9 Å². The fraction of sp³-hybridized carbons (Fsp3) is 0.571. The molecule has 2 fully saturated rings. The lowest BCUT2D eigenvalue weighted by atomic mass is 9.84. The van der Waals surface area contributed by atoms with Crippen molar-refractivity contribution in [2.75, 3.05) is 26.3 Å². The van der Waals surface area contributed by atoms with Crippen LogP contribution < -0.4 is 9.47 Å². The standard InChI is InChI=1S/C21H24N2O4/c22-14-21(7-1-2-8-21)20(25)23-9-5-15(6-10-23)19(24)16-3-4-17-18(13-16)27-12-11-26-17/h3-4,13,15H,1-2,5-12H2. The first kappa shape index (κ1) is 17.8. The minimum Gasteiger partial charge on any atom is -0.486 e. The zero-order valence-corrected chi connectivity index (χ0v) is 15.4. The Morgan fingerprint density at radius 2 is 1.74 bits per heavy atom. The summed E-state index contributed by atoms with van der Waals surface area (Å²) in [6.07, 6.45) is 4.49. The largest absolute Gasteiger partial charge is 0.486 e. The average molecular weight is 368 g/mol. The number of nitriles is 1. The molecule has 0 N–H and O–H groups in total. The monoisotopic (exact) mass is 368 g/mol. The first-order valence-electron chi connectivity index (χ1n) is 9.77. The Morgan fingerprint density at radius 1 is 1.07 bits per heavy atom. The van der Waals surface area contributed by atoms with Crippen molar-refractivity contribution in [1.82, 2.24) is 4.90 Å². The summed E-state index contributed by atoms with van der Waals surface area (Å²) in [5.74, 6) is 1.26. The molecule has 1 saturated carbocycles. The van der Waals surface area contributed by atoms with Crippen molar-refractivity contribution in [2.45, 2.75) is 38.5 Å². The summed E-state index contributed by atoms with van der Waals surface area (Å²) in [4.78, 5) is 27.5. The molecule has 1 saturated heterocycles. The maximum atomic E-state index is 12.9. The third kappa shape index (κ3) is 3.27. The molecule has 2 heterocycles. The number of ether oxygens (including phenoxy) is 2. The number of fused-ring (bicyclic) bond motifs is 1. The van der Waals surface area contributed by atoms with E-state index in [9.17, 15) is 14.9 Å². The van der Waals surface area contributed by atoms with E-state index in [2.05, 4.69) is 6.07 Å². The van der Waals surface area contributed by atoms with Crippen molar-refractivity contribution in [3.05, 3.63) is 23.8 Å². The second-order valence-electron chi connectivity index (χ2n) is 7.69. The fourth-order valence-corrected chi connectivity index (χ4v) is 4.43. The van der Waals surface area contributed by atoms with Gasteiger partial charge in [0.25, 0.3) is 0 Å². The van der Waals surface area contributed by atoms with Crippen LogP contribution in [0.2, 0.25) is 0 Å². The molecule has 1 aromatic carbocycles. The van der Waals surface area contributed by atoms with E-state index in [1.165, 1.54) is 0 Å². The van der Waals surface area contributed by atoms with Gasteiger partial charge in [-0.2, -0.15) is 5.26 Å². The van der Waals surface area contributed by atoms with E-state index in [1.54, 1.807) is 23.1 Å². The van der Waals surface area contributed by atoms with Crippen molar-refractivity contribution in [3.8, 4) is 17.6 Å². The highest BCUT2D eigenvalue weighted by Gasteiger charge is 2.44. The van der Waals surface area contributed by atoms with Crippen LogP contribution in [0.3, 0.4) is 0 Å². The van der Waals surface area contributed by atoms with Crippen LogP contribution >= 0.6 is 0 Å². The zero-order chi connectivity index (χ0) is 18.9. The Balaban J connectivity index is 1.40. The summed E-state index contributed by atoms with van der Waals surface area (Å²) in [7, 11) is 0. The van der Waals surface area contributed by atoms with Crippen molar-refractivity contribution in [3.63, 3.8) is 0 Å². The molecule has 2 aliphatic heterocycles. The van der Waals surface area contributed by atoms with E-state index in [0.29, 0.717) is 69.0 Å². The van der Waals surface area contributed by atoms with Crippen LogP contribution in [-0.4, -0.2) is 42.9 Å². The SMILES string of the molecule is N#CC1(C(=O)N2CCC(C(=O)c3ccc4c(c3)OCCO4)CC2)CCCC1. The number of ketones is 1. The number of hydrogen-bond donors (Lipinski definition) is 0. The molecule has 1 aliphatic carbocycles. The highest BCUT2D eigenvalue weighted by molar-refractivity contribution is 5.98. The number of benzene rings is 1. The van der Waals surface area contributed by atoms with Gasteiger partial charge in [-0.15, -0.1) is 0 Å². The number of rotatable bonds is 3. The predicted octanol–water partition coefficient (Wildman–Crippen LogP) is 2.96. The molecule has 3 aliphatic rings. The van der Waals surface area contributed by atoms with Gasteiger partial charge in [0.1, 0.15) is 18.6 Å². The predicted molar refractivity (Wildman–Crippen MR) is 97.6 cm³/mol. The maximum absolute atomic E-state index is 12.9. The van der Waals surface area contributed by atoms with E-state index in [0.717, 1.165) is 12.8 Å². The van der Waals surface area contributed by atoms with Crippen LogP contribution in [0.5, 0.6) is 11.5 Å². The van der Waals surface area contributed by atoms with E-state index in [-0.39, 0.29) is 17.6 Å². The number of piperidine rings is 1. The summed E-state index contributed by atoms with van der Waals surface area (Å²) < 4.78 is 11.1. The van der Waals surface area contributed by atoms with Gasteiger partial charge in [-0.05, 0) is 43.9 Å². The highest BCUT2D eigenvalue weighted by Crippen LogP contribution is 2.40. The Bertz CT molecular complexity index is 784. The summed E-state index contributed by atoms with van der Waals surface area (Å²) in [5.41, 5.74) is -0.194. The normalized spacial score (nSPS) is 21.5. The van der Waals surface area contributed by atoms with Crippen molar-refractivity contribution < 1.29 is 19.1 Å². The van der Waals surface area contributed by atoms with Crippen molar-refractivity contribution >= 4 is 11.7 Å². The van der Waals surface area contributed by atoms with E-state index in [1.807, 2.05) is 0 Å². The fourth-order valence-electron chi connectivity index (χ4n) is 4.43. The van der Waals surface area contributed by atoms with Crippen LogP contribution in [0, 0.1) is 22.7 Å². The Morgan fingerprint density at radius 3 is 2.41 bits per heavy atom. The van der Waals surface area contributed by atoms with Gasteiger partial charge in [0.15, 0.2) is 17.3 Å². The molecule has 4 rings (SSSR count). The molecule has 0 radical (unpaired) electrons. The number of nitrogens with zero attached hydrogens (tertiary/aromatic N) is 2. The smallest absolute Gasteiger partial charge is 0.243 e. The summed E-state index contributed by atoms with van der Waals surface area (Å²) >= 11 is 0. The first-order valence-corrected chi connectivity index (χ1v) is 9.77. The molecule has 0 spiro atoms. The highest BCUT2D eigenvalue weighted by atomic mass is 16.6. The zero-order valence-electron chi connectivity index (χ0n) is 15.4. The molecule has 142 valence electrons. The lowest BCUT2D eigenvalue weighted by Gasteiger charge is -2.35. The van der Waals surface area contributed by atoms with Gasteiger partial charge in [-0.25, -0.2) is 0 Å². The molecular formula is C21H24N2O4. The lowest BCUT2D eigenvalue weighted by Crippen LogP contribution is -2.46. The number of Topliss-reactive ketones (excluding diaryl/α,β-unsaturated/α-hetero) is 1. The molecule has 0 aromatic heterocycles. The third-order valence-corrected chi connectivity index (χ3v) is 6.06. The summed E-state index contributed by atoms with van der Waals surface area (Å²) in [6, 6.07) is 7.62. The number of amides is 1. The van der Waals surface area contributed by atoms with Crippen molar-refractivity contribution in [1.29, 1.82) is 5.26 Å². The molecular weight excluding hydrogens is 344 g/mol. The van der Waals surface area contributed by atoms with E-state index >= 15 is 0 Å². The van der Waals surface area contributed by atoms with Crippen LogP contribution in [0.4, 0.5) is 0 Å². The third-order valence-electron chi connectivity index (χ3n) is 6.06. The van der Waals surface area contributed by atoms with Gasteiger partial charge < -0.3 is 14.4 Å². The Hall–Kier alpha value is -2.55. The van der Waals surface area contributed by atoms with Crippen LogP contribution in [-0.2, 0) is 4.79 Å². The van der Waals surface area contributed by atoms with E-state index < -0.39 is 5.41 Å². The Labute approximate surface area is 159 Å². The minimum absolute atomic E-state index is 0.0345. The van der Waals surface area contributed by atoms with Gasteiger partial charge in [0, 0.05) is 24.6 Å². The van der Waals surface area contributed by atoms with Gasteiger partial charge in [-0.3, -0.25) is 9.59 Å². The number of hydrogen-bond acceptors (Lipinski definition) is 5. The first-order chi connectivity index (χ1) is 13.1. The topological polar surface area (TPSA) is 79.6 Å². The number of likely N-dealkylation sites (tertiary alicyclic amines) is 1. The van der Waals surface area contributed by atoms with Crippen LogP contribution in [0.25, 0.3) is 0 Å². The van der Waals surface area contributed by atoms with Gasteiger partial charge in [0.2, 0.25) is 5.91 Å². The summed E-state index contributed by atoms with van der Waals surface area (Å²) in [6.45, 7) is 2.11. The molecule has 0 bridgehead atoms. The number of carbonyl (C=O) groups excluding carboxylic acids is 2. The molecule has 1 amide bonds. The second-order valence-corrected chi connectivity index (χ2v) is 7.69. The van der Waals surface area contributed by atoms with Gasteiger partial charge in [-0.1, -0.05) is 12.8 Å². The quantitative estimate of drug-likeness (QED) is 0.767. The van der Waals surface area contributed by atoms with Crippen LogP contribution in [0.15, 0.2) is 18.2 Å². The minimum atomic E-state index is -0.827. The molecule has 1 aromatic rings. The molecule has 0 atom stereocenters. The summed E-state index contributed by atoms with van der Waals surface area (Å²) in [5, 5.41) is 9.53. The second kappa shape index (κ2) is 7.22. The number of carbonyl (C=O) groups is 2. The lowest BCUT2D eigenvalue weighted by molar-refractivity contribution is -0.140. The Kier molecular flexibility index (Phi) is 4.77.